The molecule has 36 heavy (non-hydrogen) atoms. The summed E-state index contributed by atoms with van der Waals surface area (Å²) in [6, 6.07) is 10.6. The number of rotatable bonds is 6. The standard InChI is InChI=1S/C25H22ClF3N2O5/c1-23(2,15-8-9-16(26)21-20(15)35-13-36-21)11-24(33,25(27,28)29)12-30-17-5-4-6-18-14(17)7-10-19(31-18)22(32)34-3/h4-10,12,33H,11,13H2,1-3H3. The molecule has 4 rings (SSSR count). The largest absolute Gasteiger partial charge is 0.464 e. The fourth-order valence-electron chi connectivity index (χ4n) is 4.13. The molecule has 0 bridgehead atoms. The van der Waals surface area contributed by atoms with Crippen LogP contribution in [0.3, 0.4) is 0 Å². The van der Waals surface area contributed by atoms with Crippen LogP contribution in [0.2, 0.25) is 5.02 Å². The van der Waals surface area contributed by atoms with Gasteiger partial charge in [-0.3, -0.25) is 4.99 Å². The highest BCUT2D eigenvalue weighted by molar-refractivity contribution is 6.32. The number of hydrogen-bond acceptors (Lipinski definition) is 7. The summed E-state index contributed by atoms with van der Waals surface area (Å²) in [6.07, 6.45) is -5.31. The van der Waals surface area contributed by atoms with Crippen molar-refractivity contribution in [2.45, 2.75) is 37.5 Å². The summed E-state index contributed by atoms with van der Waals surface area (Å²) in [7, 11) is 1.21. The summed E-state index contributed by atoms with van der Waals surface area (Å²) in [6.45, 7) is 3.00. The van der Waals surface area contributed by atoms with E-state index in [1.165, 1.54) is 37.4 Å². The predicted molar refractivity (Wildman–Crippen MR) is 127 cm³/mol. The number of pyridine rings is 1. The second-order valence-electron chi connectivity index (χ2n) is 8.93. The van der Waals surface area contributed by atoms with Crippen molar-refractivity contribution in [2.75, 3.05) is 13.9 Å². The Morgan fingerprint density at radius 3 is 2.58 bits per heavy atom. The van der Waals surface area contributed by atoms with Gasteiger partial charge in [0.2, 0.25) is 6.79 Å². The van der Waals surface area contributed by atoms with Crippen molar-refractivity contribution < 1.29 is 37.3 Å². The number of ether oxygens (including phenoxy) is 3. The molecule has 3 aromatic rings. The van der Waals surface area contributed by atoms with Crippen LogP contribution < -0.4 is 9.47 Å². The van der Waals surface area contributed by atoms with Gasteiger partial charge < -0.3 is 19.3 Å². The Morgan fingerprint density at radius 1 is 1.17 bits per heavy atom. The molecule has 1 atom stereocenters. The monoisotopic (exact) mass is 522 g/mol. The van der Waals surface area contributed by atoms with E-state index >= 15 is 0 Å². The Kier molecular flexibility index (Phi) is 6.61. The molecule has 0 fully saturated rings. The molecule has 1 unspecified atom stereocenters. The first-order valence-corrected chi connectivity index (χ1v) is 11.1. The highest BCUT2D eigenvalue weighted by Crippen LogP contribution is 2.49. The van der Waals surface area contributed by atoms with Crippen molar-refractivity contribution in [2.24, 2.45) is 4.99 Å². The van der Waals surface area contributed by atoms with Crippen LogP contribution in [0.5, 0.6) is 11.5 Å². The fraction of sp³-hybridized carbons (Fsp3) is 0.320. The highest BCUT2D eigenvalue weighted by Gasteiger charge is 2.55. The lowest BCUT2D eigenvalue weighted by Gasteiger charge is -2.36. The summed E-state index contributed by atoms with van der Waals surface area (Å²) in [5.74, 6) is -0.154. The molecule has 190 valence electrons. The normalized spacial score (nSPS) is 15.3. The average molecular weight is 523 g/mol. The van der Waals surface area contributed by atoms with Crippen molar-refractivity contribution in [3.05, 3.63) is 58.7 Å². The van der Waals surface area contributed by atoms with E-state index in [1.54, 1.807) is 26.0 Å². The van der Waals surface area contributed by atoms with Gasteiger partial charge in [0, 0.05) is 17.2 Å². The minimum absolute atomic E-state index is 0.0429. The first-order valence-electron chi connectivity index (χ1n) is 10.8. The number of esters is 1. The number of methoxy groups -OCH3 is 1. The lowest BCUT2D eigenvalue weighted by atomic mass is 9.74. The van der Waals surface area contributed by atoms with E-state index in [0.29, 0.717) is 22.7 Å². The van der Waals surface area contributed by atoms with Crippen molar-refractivity contribution in [3.63, 3.8) is 0 Å². The zero-order valence-electron chi connectivity index (χ0n) is 19.5. The van der Waals surface area contributed by atoms with Gasteiger partial charge in [0.15, 0.2) is 17.1 Å². The number of aliphatic imine (C=N–C) groups is 1. The molecule has 0 saturated carbocycles. The van der Waals surface area contributed by atoms with Gasteiger partial charge in [-0.2, -0.15) is 13.2 Å². The Labute approximate surface area is 209 Å². The topological polar surface area (TPSA) is 90.2 Å². The van der Waals surface area contributed by atoms with Gasteiger partial charge in [-0.1, -0.05) is 37.6 Å². The summed E-state index contributed by atoms with van der Waals surface area (Å²) in [4.78, 5) is 19.9. The molecule has 0 amide bonds. The molecule has 0 radical (unpaired) electrons. The van der Waals surface area contributed by atoms with Crippen LogP contribution >= 0.6 is 11.6 Å². The number of alkyl halides is 3. The lowest BCUT2D eigenvalue weighted by Crippen LogP contribution is -2.50. The molecule has 0 spiro atoms. The number of carbonyl (C=O) groups is 1. The molecule has 1 N–H and O–H groups in total. The van der Waals surface area contributed by atoms with Gasteiger partial charge >= 0.3 is 12.1 Å². The van der Waals surface area contributed by atoms with Crippen LogP contribution in [-0.2, 0) is 10.2 Å². The maximum absolute atomic E-state index is 14.2. The number of hydrogen-bond donors (Lipinski definition) is 1. The van der Waals surface area contributed by atoms with Gasteiger partial charge in [0.05, 0.1) is 23.3 Å². The number of nitrogens with zero attached hydrogens (tertiary/aromatic N) is 2. The lowest BCUT2D eigenvalue weighted by molar-refractivity contribution is -0.234. The smallest absolute Gasteiger partial charge is 0.422 e. The molecule has 2 heterocycles. The van der Waals surface area contributed by atoms with Crippen LogP contribution in [0.4, 0.5) is 18.9 Å². The number of aromatic nitrogens is 1. The third-order valence-corrected chi connectivity index (χ3v) is 6.22. The summed E-state index contributed by atoms with van der Waals surface area (Å²) in [5.41, 5.74) is -3.60. The van der Waals surface area contributed by atoms with Crippen LogP contribution in [-0.4, -0.2) is 48.0 Å². The zero-order chi connectivity index (χ0) is 26.3. The number of carbonyl (C=O) groups excluding carboxylic acids is 1. The number of benzene rings is 2. The Morgan fingerprint density at radius 2 is 1.89 bits per heavy atom. The average Bonchev–Trinajstić information content (AvgIpc) is 3.31. The number of halogens is 4. The SMILES string of the molecule is COC(=O)c1ccc2c(N=CC(O)(CC(C)(C)c3ccc(Cl)c4c3OCO4)C(F)(F)F)cccc2n1. The van der Waals surface area contributed by atoms with Crippen LogP contribution in [0, 0.1) is 0 Å². The van der Waals surface area contributed by atoms with E-state index in [0.717, 1.165) is 0 Å². The second-order valence-corrected chi connectivity index (χ2v) is 9.34. The zero-order valence-corrected chi connectivity index (χ0v) is 20.3. The van der Waals surface area contributed by atoms with Gasteiger partial charge in [-0.25, -0.2) is 9.78 Å². The third kappa shape index (κ3) is 4.70. The molecule has 1 aliphatic heterocycles. The molecule has 11 heteroatoms. The Hall–Kier alpha value is -3.37. The molecule has 1 aliphatic rings. The van der Waals surface area contributed by atoms with Gasteiger partial charge in [0.1, 0.15) is 5.69 Å². The Balaban J connectivity index is 1.71. The maximum Gasteiger partial charge on any atom is 0.422 e. The fourth-order valence-corrected chi connectivity index (χ4v) is 4.33. The van der Waals surface area contributed by atoms with Gasteiger partial charge in [0.25, 0.3) is 0 Å². The van der Waals surface area contributed by atoms with Gasteiger partial charge in [-0.15, -0.1) is 0 Å². The van der Waals surface area contributed by atoms with Crippen molar-refractivity contribution in [1.29, 1.82) is 0 Å². The van der Waals surface area contributed by atoms with Crippen molar-refractivity contribution in [3.8, 4) is 11.5 Å². The molecular formula is C25H22ClF3N2O5. The molecule has 1 aromatic heterocycles. The summed E-state index contributed by atoms with van der Waals surface area (Å²) in [5, 5.41) is 11.5. The summed E-state index contributed by atoms with van der Waals surface area (Å²) >= 11 is 6.11. The minimum atomic E-state index is -5.04. The van der Waals surface area contributed by atoms with Crippen LogP contribution in [0.25, 0.3) is 10.9 Å². The van der Waals surface area contributed by atoms with E-state index in [1.807, 2.05) is 0 Å². The van der Waals surface area contributed by atoms with E-state index in [-0.39, 0.29) is 34.7 Å². The first kappa shape index (κ1) is 25.7. The highest BCUT2D eigenvalue weighted by atomic mass is 35.5. The van der Waals surface area contributed by atoms with E-state index in [9.17, 15) is 23.1 Å². The molecule has 2 aromatic carbocycles. The van der Waals surface area contributed by atoms with Crippen LogP contribution in [0.1, 0.15) is 36.3 Å². The maximum atomic E-state index is 14.2. The first-order chi connectivity index (χ1) is 16.9. The number of aliphatic hydroxyl groups is 1. The van der Waals surface area contributed by atoms with Gasteiger partial charge in [-0.05, 0) is 42.2 Å². The molecule has 7 nitrogen and oxygen atoms in total. The third-order valence-electron chi connectivity index (χ3n) is 5.92. The minimum Gasteiger partial charge on any atom is -0.464 e. The quantitative estimate of drug-likeness (QED) is 0.327. The number of fused-ring (bicyclic) bond motifs is 2. The Bertz CT molecular complexity index is 1360. The summed E-state index contributed by atoms with van der Waals surface area (Å²) < 4.78 is 58.1. The van der Waals surface area contributed by atoms with E-state index < -0.39 is 29.6 Å². The van der Waals surface area contributed by atoms with Crippen molar-refractivity contribution >= 4 is 40.4 Å². The second kappa shape index (κ2) is 9.25. The van der Waals surface area contributed by atoms with Crippen LogP contribution in [0.15, 0.2) is 47.5 Å². The molecular weight excluding hydrogens is 501 g/mol. The van der Waals surface area contributed by atoms with E-state index in [4.69, 9.17) is 21.1 Å². The predicted octanol–water partition coefficient (Wildman–Crippen LogP) is 5.77. The molecule has 0 saturated heterocycles. The van der Waals surface area contributed by atoms with E-state index in [2.05, 4.69) is 14.7 Å². The molecule has 0 aliphatic carbocycles. The van der Waals surface area contributed by atoms with Crippen molar-refractivity contribution in [1.82, 2.24) is 4.98 Å².